The number of aromatic amines is 2. The highest BCUT2D eigenvalue weighted by Gasteiger charge is 2.24. The fourth-order valence-electron chi connectivity index (χ4n) is 3.18. The number of hydrogen-bond acceptors (Lipinski definition) is 4. The summed E-state index contributed by atoms with van der Waals surface area (Å²) in [7, 11) is 0. The van der Waals surface area contributed by atoms with Gasteiger partial charge in [-0.05, 0) is 43.0 Å². The molecule has 25 heavy (non-hydrogen) atoms. The van der Waals surface area contributed by atoms with E-state index >= 15 is 0 Å². The Morgan fingerprint density at radius 3 is 2.88 bits per heavy atom. The van der Waals surface area contributed by atoms with E-state index in [9.17, 15) is 14.4 Å². The third-order valence-corrected chi connectivity index (χ3v) is 4.50. The van der Waals surface area contributed by atoms with Crippen LogP contribution in [-0.2, 0) is 12.8 Å². The number of H-pyrrole nitrogens is 2. The van der Waals surface area contributed by atoms with E-state index in [1.165, 1.54) is 6.20 Å². The SMILES string of the molecule is O=C(Nc1c[nH]c(=O)[nH]c1=O)c1c2c(nc3ccc(Cl)cc13)CCC2. The van der Waals surface area contributed by atoms with Crippen molar-refractivity contribution in [3.63, 3.8) is 0 Å². The van der Waals surface area contributed by atoms with Crippen molar-refractivity contribution in [3.8, 4) is 0 Å². The van der Waals surface area contributed by atoms with Gasteiger partial charge in [-0.3, -0.25) is 19.6 Å². The lowest BCUT2D eigenvalue weighted by molar-refractivity contribution is 0.102. The zero-order valence-electron chi connectivity index (χ0n) is 13.0. The molecule has 8 heteroatoms. The zero-order valence-corrected chi connectivity index (χ0v) is 13.7. The molecule has 3 N–H and O–H groups in total. The third-order valence-electron chi connectivity index (χ3n) is 4.27. The van der Waals surface area contributed by atoms with Crippen molar-refractivity contribution < 1.29 is 4.79 Å². The third kappa shape index (κ3) is 2.72. The van der Waals surface area contributed by atoms with E-state index in [2.05, 4.69) is 20.3 Å². The van der Waals surface area contributed by atoms with Gasteiger partial charge in [-0.1, -0.05) is 11.6 Å². The minimum atomic E-state index is -0.662. The van der Waals surface area contributed by atoms with Crippen LogP contribution in [0.1, 0.15) is 28.0 Å². The number of halogens is 1. The first kappa shape index (κ1) is 15.6. The molecule has 7 nitrogen and oxygen atoms in total. The fourth-order valence-corrected chi connectivity index (χ4v) is 3.35. The van der Waals surface area contributed by atoms with Gasteiger partial charge in [0, 0.05) is 22.3 Å². The van der Waals surface area contributed by atoms with Crippen LogP contribution < -0.4 is 16.6 Å². The molecule has 2 heterocycles. The van der Waals surface area contributed by atoms with Crippen molar-refractivity contribution in [2.75, 3.05) is 5.32 Å². The van der Waals surface area contributed by atoms with Crippen molar-refractivity contribution in [1.82, 2.24) is 15.0 Å². The number of nitrogens with zero attached hydrogens (tertiary/aromatic N) is 1. The molecule has 0 unspecified atom stereocenters. The molecule has 0 aliphatic heterocycles. The molecule has 4 rings (SSSR count). The van der Waals surface area contributed by atoms with Gasteiger partial charge in [0.1, 0.15) is 5.69 Å². The normalized spacial score (nSPS) is 13.0. The minimum absolute atomic E-state index is 0.0247. The number of benzene rings is 1. The number of carbonyl (C=O) groups excluding carboxylic acids is 1. The second-order valence-electron chi connectivity index (χ2n) is 5.87. The second kappa shape index (κ2) is 5.86. The highest BCUT2D eigenvalue weighted by atomic mass is 35.5. The predicted molar refractivity (Wildman–Crippen MR) is 94.4 cm³/mol. The lowest BCUT2D eigenvalue weighted by atomic mass is 10.0. The first-order chi connectivity index (χ1) is 12.0. The molecule has 1 aliphatic rings. The summed E-state index contributed by atoms with van der Waals surface area (Å²) in [4.78, 5) is 44.9. The van der Waals surface area contributed by atoms with E-state index in [1.807, 2.05) is 0 Å². The Morgan fingerprint density at radius 1 is 1.24 bits per heavy atom. The van der Waals surface area contributed by atoms with Crippen molar-refractivity contribution in [3.05, 3.63) is 67.1 Å². The molecular formula is C17H13ClN4O3. The summed E-state index contributed by atoms with van der Waals surface area (Å²) in [5.41, 5.74) is 1.62. The number of hydrogen-bond donors (Lipinski definition) is 3. The number of nitrogens with one attached hydrogen (secondary N) is 3. The van der Waals surface area contributed by atoms with Crippen LogP contribution in [0.25, 0.3) is 10.9 Å². The molecule has 0 atom stereocenters. The van der Waals surface area contributed by atoms with Gasteiger partial charge in [0.15, 0.2) is 0 Å². The standard InChI is InChI=1S/C17H13ClN4O3/c18-8-4-5-12-10(6-8)14(9-2-1-3-11(9)20-12)16(24)21-13-7-19-17(25)22-15(13)23/h4-7H,1-3H2,(H,21,24)(H2,19,22,23,25). The molecule has 0 radical (unpaired) electrons. The summed E-state index contributed by atoms with van der Waals surface area (Å²) in [6.07, 6.45) is 3.66. The molecule has 1 aliphatic carbocycles. The Hall–Kier alpha value is -2.93. The van der Waals surface area contributed by atoms with Crippen LogP contribution in [0.3, 0.4) is 0 Å². The maximum atomic E-state index is 12.9. The number of anilines is 1. The summed E-state index contributed by atoms with van der Waals surface area (Å²) < 4.78 is 0. The van der Waals surface area contributed by atoms with Crippen molar-refractivity contribution in [1.29, 1.82) is 0 Å². The zero-order chi connectivity index (χ0) is 17.6. The summed E-state index contributed by atoms with van der Waals surface area (Å²) in [6, 6.07) is 5.21. The topological polar surface area (TPSA) is 108 Å². The predicted octanol–water partition coefficient (Wildman–Crippen LogP) is 2.01. The Kier molecular flexibility index (Phi) is 3.65. The Bertz CT molecular complexity index is 1130. The maximum Gasteiger partial charge on any atom is 0.325 e. The van der Waals surface area contributed by atoms with Crippen LogP contribution in [0.15, 0.2) is 34.0 Å². The molecule has 126 valence electrons. The number of aryl methyl sites for hydroxylation is 1. The molecule has 2 aromatic heterocycles. The largest absolute Gasteiger partial charge is 0.325 e. The van der Waals surface area contributed by atoms with Crippen LogP contribution in [-0.4, -0.2) is 20.9 Å². The Balaban J connectivity index is 1.87. The van der Waals surface area contributed by atoms with Crippen LogP contribution in [0.5, 0.6) is 0 Å². The molecule has 0 spiro atoms. The average molecular weight is 357 g/mol. The number of rotatable bonds is 2. The first-order valence-electron chi connectivity index (χ1n) is 7.77. The monoisotopic (exact) mass is 356 g/mol. The smallest absolute Gasteiger partial charge is 0.316 e. The Morgan fingerprint density at radius 2 is 2.08 bits per heavy atom. The van der Waals surface area contributed by atoms with Crippen LogP contribution >= 0.6 is 11.6 Å². The van der Waals surface area contributed by atoms with Gasteiger partial charge in [0.05, 0.1) is 11.1 Å². The molecule has 0 bridgehead atoms. The van der Waals surface area contributed by atoms with Gasteiger partial charge in [-0.15, -0.1) is 0 Å². The Labute approximate surface area is 146 Å². The number of aromatic nitrogens is 3. The van der Waals surface area contributed by atoms with E-state index in [0.717, 1.165) is 30.5 Å². The van der Waals surface area contributed by atoms with Crippen LogP contribution in [0, 0.1) is 0 Å². The highest BCUT2D eigenvalue weighted by molar-refractivity contribution is 6.31. The molecule has 3 aromatic rings. The van der Waals surface area contributed by atoms with E-state index in [-0.39, 0.29) is 5.69 Å². The average Bonchev–Trinajstić information content (AvgIpc) is 3.03. The van der Waals surface area contributed by atoms with Gasteiger partial charge in [0.25, 0.3) is 11.5 Å². The van der Waals surface area contributed by atoms with E-state index < -0.39 is 17.2 Å². The summed E-state index contributed by atoms with van der Waals surface area (Å²) >= 11 is 6.09. The van der Waals surface area contributed by atoms with Gasteiger partial charge >= 0.3 is 5.69 Å². The lowest BCUT2D eigenvalue weighted by Gasteiger charge is -2.12. The first-order valence-corrected chi connectivity index (χ1v) is 8.15. The number of amides is 1. The molecule has 0 saturated carbocycles. The van der Waals surface area contributed by atoms with Gasteiger partial charge in [0.2, 0.25) is 0 Å². The maximum absolute atomic E-state index is 12.9. The van der Waals surface area contributed by atoms with Crippen LogP contribution in [0.4, 0.5) is 5.69 Å². The minimum Gasteiger partial charge on any atom is -0.316 e. The van der Waals surface area contributed by atoms with Crippen molar-refractivity contribution in [2.45, 2.75) is 19.3 Å². The summed E-state index contributed by atoms with van der Waals surface area (Å²) in [5, 5.41) is 3.72. The lowest BCUT2D eigenvalue weighted by Crippen LogP contribution is -2.27. The molecule has 1 amide bonds. The molecule has 1 aromatic carbocycles. The van der Waals surface area contributed by atoms with Gasteiger partial charge < -0.3 is 10.3 Å². The molecular weight excluding hydrogens is 344 g/mol. The number of fused-ring (bicyclic) bond motifs is 2. The highest BCUT2D eigenvalue weighted by Crippen LogP contribution is 2.31. The van der Waals surface area contributed by atoms with Crippen molar-refractivity contribution in [2.24, 2.45) is 0 Å². The van der Waals surface area contributed by atoms with E-state index in [4.69, 9.17) is 11.6 Å². The van der Waals surface area contributed by atoms with E-state index in [0.29, 0.717) is 21.5 Å². The van der Waals surface area contributed by atoms with Gasteiger partial charge in [-0.25, -0.2) is 4.79 Å². The molecule has 0 fully saturated rings. The van der Waals surface area contributed by atoms with Crippen molar-refractivity contribution >= 4 is 34.1 Å². The van der Waals surface area contributed by atoms with Crippen LogP contribution in [0.2, 0.25) is 5.02 Å². The molecule has 0 saturated heterocycles. The number of pyridine rings is 1. The number of carbonyl (C=O) groups is 1. The van der Waals surface area contributed by atoms with E-state index in [1.54, 1.807) is 18.2 Å². The quantitative estimate of drug-likeness (QED) is 0.652. The second-order valence-corrected chi connectivity index (χ2v) is 6.30. The summed E-state index contributed by atoms with van der Waals surface area (Å²) in [5.74, 6) is -0.426. The fraction of sp³-hybridized carbons (Fsp3) is 0.176. The summed E-state index contributed by atoms with van der Waals surface area (Å²) in [6.45, 7) is 0. The van der Waals surface area contributed by atoms with Gasteiger partial charge in [-0.2, -0.15) is 0 Å².